The molecule has 3 aromatic rings. The SMILES string of the molecule is COc1cc2ccc3c(c2cc1OC)CCc1cn[nH]c1-3. The second-order valence-electron chi connectivity index (χ2n) is 5.29. The van der Waals surface area contributed by atoms with Crippen LogP contribution in [0.5, 0.6) is 11.5 Å². The number of aryl methyl sites for hydroxylation is 2. The molecule has 21 heavy (non-hydrogen) atoms. The lowest BCUT2D eigenvalue weighted by molar-refractivity contribution is 0.356. The number of methoxy groups -OCH3 is 2. The molecule has 0 atom stereocenters. The van der Waals surface area contributed by atoms with Gasteiger partial charge in [0.1, 0.15) is 0 Å². The quantitative estimate of drug-likeness (QED) is 0.783. The summed E-state index contributed by atoms with van der Waals surface area (Å²) >= 11 is 0. The number of aromatic amines is 1. The fourth-order valence-corrected chi connectivity index (χ4v) is 3.21. The van der Waals surface area contributed by atoms with E-state index in [1.54, 1.807) is 14.2 Å². The lowest BCUT2D eigenvalue weighted by atomic mass is 9.87. The number of rotatable bonds is 2. The van der Waals surface area contributed by atoms with Crippen molar-refractivity contribution in [2.45, 2.75) is 12.8 Å². The molecule has 1 aromatic heterocycles. The molecule has 4 heteroatoms. The zero-order valence-corrected chi connectivity index (χ0v) is 12.1. The normalized spacial score (nSPS) is 12.9. The van der Waals surface area contributed by atoms with E-state index in [-0.39, 0.29) is 0 Å². The van der Waals surface area contributed by atoms with E-state index in [0.717, 1.165) is 30.0 Å². The predicted octanol–water partition coefficient (Wildman–Crippen LogP) is 3.35. The summed E-state index contributed by atoms with van der Waals surface area (Å²) in [5, 5.41) is 9.70. The van der Waals surface area contributed by atoms with Crippen LogP contribution in [0.3, 0.4) is 0 Å². The Morgan fingerprint density at radius 3 is 2.67 bits per heavy atom. The van der Waals surface area contributed by atoms with Gasteiger partial charge < -0.3 is 9.47 Å². The molecule has 1 aliphatic carbocycles. The molecule has 0 spiro atoms. The Hall–Kier alpha value is -2.49. The van der Waals surface area contributed by atoms with Gasteiger partial charge in [0.15, 0.2) is 11.5 Å². The molecule has 0 amide bonds. The number of ether oxygens (including phenoxy) is 2. The largest absolute Gasteiger partial charge is 0.493 e. The zero-order valence-electron chi connectivity index (χ0n) is 12.1. The average Bonchev–Trinajstić information content (AvgIpc) is 3.01. The van der Waals surface area contributed by atoms with Gasteiger partial charge in [-0.3, -0.25) is 5.10 Å². The molecule has 0 unspecified atom stereocenters. The van der Waals surface area contributed by atoms with Gasteiger partial charge in [0.2, 0.25) is 0 Å². The number of nitrogens with one attached hydrogen (secondary N) is 1. The minimum absolute atomic E-state index is 0.767. The molecule has 0 bridgehead atoms. The standard InChI is InChI=1S/C17H16N2O2/c1-20-15-7-10-3-6-13-12(14(10)8-16(15)21-2)5-4-11-9-18-19-17(11)13/h3,6-9H,4-5H2,1-2H3,(H,18,19). The average molecular weight is 280 g/mol. The van der Waals surface area contributed by atoms with E-state index in [2.05, 4.69) is 28.4 Å². The van der Waals surface area contributed by atoms with Crippen molar-refractivity contribution in [1.82, 2.24) is 10.2 Å². The Morgan fingerprint density at radius 2 is 1.86 bits per heavy atom. The van der Waals surface area contributed by atoms with Gasteiger partial charge in [-0.15, -0.1) is 0 Å². The van der Waals surface area contributed by atoms with E-state index in [0.29, 0.717) is 0 Å². The molecule has 1 heterocycles. The second-order valence-corrected chi connectivity index (χ2v) is 5.29. The molecule has 0 radical (unpaired) electrons. The highest BCUT2D eigenvalue weighted by Gasteiger charge is 2.20. The number of fused-ring (bicyclic) bond motifs is 5. The Bertz CT molecular complexity index is 836. The number of hydrogen-bond acceptors (Lipinski definition) is 3. The molecule has 0 aliphatic heterocycles. The van der Waals surface area contributed by atoms with Crippen LogP contribution in [0, 0.1) is 0 Å². The summed E-state index contributed by atoms with van der Waals surface area (Å²) in [4.78, 5) is 0. The van der Waals surface area contributed by atoms with Crippen LogP contribution in [0.15, 0.2) is 30.5 Å². The van der Waals surface area contributed by atoms with Crippen molar-refractivity contribution in [3.63, 3.8) is 0 Å². The molecule has 2 aromatic carbocycles. The Balaban J connectivity index is 2.02. The van der Waals surface area contributed by atoms with Crippen molar-refractivity contribution in [3.8, 4) is 22.8 Å². The highest BCUT2D eigenvalue weighted by atomic mass is 16.5. The van der Waals surface area contributed by atoms with Crippen LogP contribution in [0.25, 0.3) is 22.0 Å². The first-order chi connectivity index (χ1) is 10.3. The van der Waals surface area contributed by atoms with Crippen molar-refractivity contribution in [2.24, 2.45) is 0 Å². The van der Waals surface area contributed by atoms with Crippen LogP contribution < -0.4 is 9.47 Å². The van der Waals surface area contributed by atoms with Crippen LogP contribution in [0.1, 0.15) is 11.1 Å². The Labute approximate surface area is 122 Å². The molecule has 1 aliphatic rings. The van der Waals surface area contributed by atoms with Crippen molar-refractivity contribution in [1.29, 1.82) is 0 Å². The number of nitrogens with zero attached hydrogens (tertiary/aromatic N) is 1. The highest BCUT2D eigenvalue weighted by Crippen LogP contribution is 2.40. The smallest absolute Gasteiger partial charge is 0.161 e. The van der Waals surface area contributed by atoms with Gasteiger partial charge in [-0.1, -0.05) is 12.1 Å². The lowest BCUT2D eigenvalue weighted by Crippen LogP contribution is -2.03. The minimum Gasteiger partial charge on any atom is -0.493 e. The second kappa shape index (κ2) is 4.52. The van der Waals surface area contributed by atoms with Crippen LogP contribution in [0.4, 0.5) is 0 Å². The molecule has 4 nitrogen and oxygen atoms in total. The zero-order chi connectivity index (χ0) is 14.4. The number of H-pyrrole nitrogens is 1. The van der Waals surface area contributed by atoms with Crippen LogP contribution >= 0.6 is 0 Å². The first kappa shape index (κ1) is 12.3. The summed E-state index contributed by atoms with van der Waals surface area (Å²) < 4.78 is 10.8. The van der Waals surface area contributed by atoms with E-state index in [4.69, 9.17) is 9.47 Å². The van der Waals surface area contributed by atoms with E-state index < -0.39 is 0 Å². The number of benzene rings is 2. The molecule has 0 saturated heterocycles. The van der Waals surface area contributed by atoms with Crippen molar-refractivity contribution in [2.75, 3.05) is 14.2 Å². The topological polar surface area (TPSA) is 47.1 Å². The minimum atomic E-state index is 0.767. The molecule has 0 fully saturated rings. The van der Waals surface area contributed by atoms with Gasteiger partial charge in [0.05, 0.1) is 26.1 Å². The van der Waals surface area contributed by atoms with Crippen molar-refractivity contribution in [3.05, 3.63) is 41.6 Å². The Kier molecular flexibility index (Phi) is 2.64. The maximum absolute atomic E-state index is 5.44. The summed E-state index contributed by atoms with van der Waals surface area (Å²) in [5.74, 6) is 1.54. The van der Waals surface area contributed by atoms with Gasteiger partial charge in [0, 0.05) is 5.56 Å². The van der Waals surface area contributed by atoms with E-state index in [9.17, 15) is 0 Å². The molecular formula is C17H16N2O2. The summed E-state index contributed by atoms with van der Waals surface area (Å²) in [6.45, 7) is 0. The fraction of sp³-hybridized carbons (Fsp3) is 0.235. The summed E-state index contributed by atoms with van der Waals surface area (Å²) in [5.41, 5.74) is 5.04. The first-order valence-electron chi connectivity index (χ1n) is 7.02. The highest BCUT2D eigenvalue weighted by molar-refractivity contribution is 5.94. The fourth-order valence-electron chi connectivity index (χ4n) is 3.21. The predicted molar refractivity (Wildman–Crippen MR) is 82.0 cm³/mol. The maximum atomic E-state index is 5.44. The van der Waals surface area contributed by atoms with Gasteiger partial charge in [-0.05, 0) is 46.9 Å². The van der Waals surface area contributed by atoms with Gasteiger partial charge in [-0.2, -0.15) is 5.10 Å². The van der Waals surface area contributed by atoms with E-state index in [1.165, 1.54) is 27.5 Å². The lowest BCUT2D eigenvalue weighted by Gasteiger charge is -2.19. The van der Waals surface area contributed by atoms with Gasteiger partial charge in [-0.25, -0.2) is 0 Å². The molecule has 106 valence electrons. The monoisotopic (exact) mass is 280 g/mol. The maximum Gasteiger partial charge on any atom is 0.161 e. The Morgan fingerprint density at radius 1 is 1.05 bits per heavy atom. The van der Waals surface area contributed by atoms with Crippen molar-refractivity contribution < 1.29 is 9.47 Å². The van der Waals surface area contributed by atoms with Crippen LogP contribution in [-0.4, -0.2) is 24.4 Å². The summed E-state index contributed by atoms with van der Waals surface area (Å²) in [6.07, 6.45) is 3.97. The van der Waals surface area contributed by atoms with E-state index >= 15 is 0 Å². The first-order valence-corrected chi connectivity index (χ1v) is 7.02. The molecule has 4 rings (SSSR count). The third kappa shape index (κ3) is 1.72. The van der Waals surface area contributed by atoms with Crippen LogP contribution in [0.2, 0.25) is 0 Å². The number of aromatic nitrogens is 2. The molecule has 1 N–H and O–H groups in total. The third-order valence-corrected chi connectivity index (χ3v) is 4.27. The van der Waals surface area contributed by atoms with Crippen molar-refractivity contribution >= 4 is 10.8 Å². The third-order valence-electron chi connectivity index (χ3n) is 4.27. The molecular weight excluding hydrogens is 264 g/mol. The van der Waals surface area contributed by atoms with Gasteiger partial charge >= 0.3 is 0 Å². The summed E-state index contributed by atoms with van der Waals surface area (Å²) in [6, 6.07) is 8.41. The number of hydrogen-bond donors (Lipinski definition) is 1. The summed E-state index contributed by atoms with van der Waals surface area (Å²) in [7, 11) is 3.34. The van der Waals surface area contributed by atoms with Gasteiger partial charge in [0.25, 0.3) is 0 Å². The molecule has 0 saturated carbocycles. The van der Waals surface area contributed by atoms with E-state index in [1.807, 2.05) is 12.3 Å². The van der Waals surface area contributed by atoms with Crippen LogP contribution in [-0.2, 0) is 12.8 Å².